The van der Waals surface area contributed by atoms with Gasteiger partial charge in [-0.25, -0.2) is 4.98 Å². The number of hydrogen-bond donors (Lipinski definition) is 0. The van der Waals surface area contributed by atoms with Crippen molar-refractivity contribution in [1.82, 2.24) is 4.98 Å². The highest BCUT2D eigenvalue weighted by atomic mass is 35.5. The van der Waals surface area contributed by atoms with E-state index in [4.69, 9.17) is 21.1 Å². The van der Waals surface area contributed by atoms with Gasteiger partial charge in [-0.05, 0) is 36.8 Å². The zero-order valence-electron chi connectivity index (χ0n) is 13.8. The molecule has 5 nitrogen and oxygen atoms in total. The number of amides is 1. The van der Waals surface area contributed by atoms with Gasteiger partial charge in [0.25, 0.3) is 0 Å². The third kappa shape index (κ3) is 3.17. The fourth-order valence-corrected chi connectivity index (χ4v) is 2.98. The molecule has 1 aliphatic carbocycles. The predicted molar refractivity (Wildman–Crippen MR) is 93.1 cm³/mol. The van der Waals surface area contributed by atoms with Crippen molar-refractivity contribution in [2.24, 2.45) is 5.92 Å². The Hall–Kier alpha value is -2.27. The molecule has 2 atom stereocenters. The number of carbonyl (C=O) groups is 1. The lowest BCUT2D eigenvalue weighted by Gasteiger charge is -2.16. The molecule has 1 aromatic heterocycles. The molecule has 1 heterocycles. The first kappa shape index (κ1) is 16.6. The first-order valence-electron chi connectivity index (χ1n) is 7.66. The highest BCUT2D eigenvalue weighted by Crippen LogP contribution is 2.52. The van der Waals surface area contributed by atoms with Crippen molar-refractivity contribution in [1.29, 1.82) is 0 Å². The van der Waals surface area contributed by atoms with Gasteiger partial charge < -0.3 is 9.47 Å². The van der Waals surface area contributed by atoms with E-state index in [1.807, 2.05) is 18.2 Å². The molecular weight excluding hydrogens is 328 g/mol. The van der Waals surface area contributed by atoms with Gasteiger partial charge >= 0.3 is 0 Å². The Morgan fingerprint density at radius 2 is 2.04 bits per heavy atom. The number of methoxy groups -OCH3 is 2. The quantitative estimate of drug-likeness (QED) is 0.831. The van der Waals surface area contributed by atoms with Crippen molar-refractivity contribution in [2.75, 3.05) is 26.2 Å². The summed E-state index contributed by atoms with van der Waals surface area (Å²) in [6.07, 6.45) is 2.33. The molecule has 3 rings (SSSR count). The Kier molecular flexibility index (Phi) is 4.62. The van der Waals surface area contributed by atoms with Gasteiger partial charge in [0, 0.05) is 30.6 Å². The molecule has 0 N–H and O–H groups in total. The van der Waals surface area contributed by atoms with Gasteiger partial charge in [0.2, 0.25) is 5.91 Å². The average Bonchev–Trinajstić information content (AvgIpc) is 3.41. The Bertz CT molecular complexity index is 748. The number of aromatic nitrogens is 1. The summed E-state index contributed by atoms with van der Waals surface area (Å²) in [4.78, 5) is 18.5. The van der Waals surface area contributed by atoms with Gasteiger partial charge in [-0.3, -0.25) is 9.69 Å². The van der Waals surface area contributed by atoms with E-state index in [2.05, 4.69) is 4.98 Å². The molecule has 0 unspecified atom stereocenters. The second-order valence-corrected chi connectivity index (χ2v) is 6.22. The molecule has 2 aromatic rings. The lowest BCUT2D eigenvalue weighted by atomic mass is 10.1. The molecule has 126 valence electrons. The highest BCUT2D eigenvalue weighted by molar-refractivity contribution is 6.30. The van der Waals surface area contributed by atoms with Gasteiger partial charge in [0.05, 0.1) is 19.2 Å². The fraction of sp³-hybridized carbons (Fsp3) is 0.333. The van der Waals surface area contributed by atoms with Crippen LogP contribution < -0.4 is 14.4 Å². The summed E-state index contributed by atoms with van der Waals surface area (Å²) < 4.78 is 10.7. The monoisotopic (exact) mass is 346 g/mol. The number of rotatable bonds is 5. The molecule has 0 radical (unpaired) electrons. The third-order valence-corrected chi connectivity index (χ3v) is 4.55. The molecule has 1 fully saturated rings. The largest absolute Gasteiger partial charge is 0.497 e. The van der Waals surface area contributed by atoms with Crippen LogP contribution in [0.1, 0.15) is 17.9 Å². The van der Waals surface area contributed by atoms with E-state index >= 15 is 0 Å². The predicted octanol–water partition coefficient (Wildman–Crippen LogP) is 3.52. The molecule has 1 aliphatic rings. The average molecular weight is 347 g/mol. The zero-order valence-corrected chi connectivity index (χ0v) is 14.6. The fourth-order valence-electron chi connectivity index (χ4n) is 2.87. The lowest BCUT2D eigenvalue weighted by Crippen LogP contribution is -2.28. The summed E-state index contributed by atoms with van der Waals surface area (Å²) in [5.41, 5.74) is 1.01. The van der Waals surface area contributed by atoms with Crippen molar-refractivity contribution < 1.29 is 14.3 Å². The Labute approximate surface area is 146 Å². The molecular formula is C18H19ClN2O3. The number of nitrogens with zero attached hydrogens (tertiary/aromatic N) is 2. The van der Waals surface area contributed by atoms with Gasteiger partial charge in [-0.2, -0.15) is 0 Å². The van der Waals surface area contributed by atoms with Gasteiger partial charge in [-0.1, -0.05) is 11.6 Å². The molecule has 0 saturated heterocycles. The molecule has 1 saturated carbocycles. The number of anilines is 1. The first-order chi connectivity index (χ1) is 11.5. The van der Waals surface area contributed by atoms with Crippen LogP contribution >= 0.6 is 11.6 Å². The van der Waals surface area contributed by atoms with Gasteiger partial charge in [0.15, 0.2) is 0 Å². The van der Waals surface area contributed by atoms with E-state index in [-0.39, 0.29) is 17.7 Å². The molecule has 0 spiro atoms. The molecule has 1 aromatic carbocycles. The Balaban J connectivity index is 1.77. The van der Waals surface area contributed by atoms with Crippen molar-refractivity contribution in [3.8, 4) is 11.5 Å². The molecule has 0 aliphatic heterocycles. The van der Waals surface area contributed by atoms with E-state index in [0.717, 1.165) is 23.5 Å². The van der Waals surface area contributed by atoms with Crippen LogP contribution in [0.2, 0.25) is 5.02 Å². The summed E-state index contributed by atoms with van der Waals surface area (Å²) >= 11 is 5.84. The normalized spacial score (nSPS) is 18.8. The van der Waals surface area contributed by atoms with Crippen LogP contribution in [0.25, 0.3) is 0 Å². The van der Waals surface area contributed by atoms with Crippen LogP contribution in [-0.2, 0) is 4.79 Å². The number of ether oxygens (including phenoxy) is 2. The van der Waals surface area contributed by atoms with Crippen LogP contribution in [-0.4, -0.2) is 32.2 Å². The van der Waals surface area contributed by atoms with E-state index in [0.29, 0.717) is 10.8 Å². The first-order valence-corrected chi connectivity index (χ1v) is 8.04. The van der Waals surface area contributed by atoms with Crippen molar-refractivity contribution >= 4 is 23.3 Å². The van der Waals surface area contributed by atoms with Crippen LogP contribution in [0.4, 0.5) is 5.82 Å². The second kappa shape index (κ2) is 6.69. The van der Waals surface area contributed by atoms with Crippen molar-refractivity contribution in [3.63, 3.8) is 0 Å². The van der Waals surface area contributed by atoms with Gasteiger partial charge in [-0.15, -0.1) is 0 Å². The summed E-state index contributed by atoms with van der Waals surface area (Å²) in [6, 6.07) is 9.13. The number of carbonyl (C=O) groups excluding carboxylic acids is 1. The number of hydrogen-bond acceptors (Lipinski definition) is 4. The topological polar surface area (TPSA) is 51.7 Å². The van der Waals surface area contributed by atoms with E-state index in [1.54, 1.807) is 38.3 Å². The summed E-state index contributed by atoms with van der Waals surface area (Å²) in [5.74, 6) is 2.23. The van der Waals surface area contributed by atoms with Crippen LogP contribution in [0.15, 0.2) is 36.5 Å². The van der Waals surface area contributed by atoms with Crippen molar-refractivity contribution in [3.05, 3.63) is 47.1 Å². The molecule has 0 bridgehead atoms. The lowest BCUT2D eigenvalue weighted by molar-refractivity contribution is -0.119. The third-order valence-electron chi connectivity index (χ3n) is 4.33. The summed E-state index contributed by atoms with van der Waals surface area (Å²) in [7, 11) is 4.99. The minimum absolute atomic E-state index is 0.0414. The number of pyridine rings is 1. The number of benzene rings is 1. The zero-order chi connectivity index (χ0) is 17.3. The smallest absolute Gasteiger partial charge is 0.231 e. The second-order valence-electron chi connectivity index (χ2n) is 5.79. The Morgan fingerprint density at radius 1 is 1.25 bits per heavy atom. The van der Waals surface area contributed by atoms with Crippen LogP contribution in [0.3, 0.4) is 0 Å². The summed E-state index contributed by atoms with van der Waals surface area (Å²) in [5, 5.41) is 0.546. The van der Waals surface area contributed by atoms with Crippen LogP contribution in [0.5, 0.6) is 11.5 Å². The molecule has 1 amide bonds. The summed E-state index contributed by atoms with van der Waals surface area (Å²) in [6.45, 7) is 0. The maximum atomic E-state index is 12.7. The van der Waals surface area contributed by atoms with E-state index in [1.165, 1.54) is 6.20 Å². The van der Waals surface area contributed by atoms with E-state index in [9.17, 15) is 4.79 Å². The maximum absolute atomic E-state index is 12.7. The molecule has 6 heteroatoms. The maximum Gasteiger partial charge on any atom is 0.231 e. The van der Waals surface area contributed by atoms with Crippen molar-refractivity contribution in [2.45, 2.75) is 12.3 Å². The Morgan fingerprint density at radius 3 is 2.67 bits per heavy atom. The molecule has 24 heavy (non-hydrogen) atoms. The standard InChI is InChI=1S/C18H19ClN2O3/c1-21(17-7-4-11(19)10-20-17)18(22)15-9-13(15)14-8-12(23-2)5-6-16(14)24-3/h4-8,10,13,15H,9H2,1-3H3/t13-,15-/m0/s1. The number of halogens is 1. The minimum Gasteiger partial charge on any atom is -0.497 e. The van der Waals surface area contributed by atoms with Gasteiger partial charge in [0.1, 0.15) is 17.3 Å². The van der Waals surface area contributed by atoms with E-state index < -0.39 is 0 Å². The highest BCUT2D eigenvalue weighted by Gasteiger charge is 2.47. The van der Waals surface area contributed by atoms with Crippen LogP contribution in [0, 0.1) is 5.92 Å². The SMILES string of the molecule is COc1ccc(OC)c([C@@H]2C[C@@H]2C(=O)N(C)c2ccc(Cl)cn2)c1. The minimum atomic E-state index is -0.0755.